The van der Waals surface area contributed by atoms with Crippen LogP contribution in [0, 0.1) is 5.41 Å². The Kier molecular flexibility index (Phi) is 5.00. The molecule has 19 heavy (non-hydrogen) atoms. The Morgan fingerprint density at radius 2 is 2.11 bits per heavy atom. The summed E-state index contributed by atoms with van der Waals surface area (Å²) >= 11 is 5.86. The van der Waals surface area contributed by atoms with E-state index in [-0.39, 0.29) is 12.5 Å². The smallest absolute Gasteiger partial charge is 0.311 e. The van der Waals surface area contributed by atoms with Crippen LogP contribution >= 0.6 is 11.6 Å². The second kappa shape index (κ2) is 6.10. The number of carboxylic acid groups (broad SMARTS) is 1. The first-order chi connectivity index (χ1) is 8.84. The fourth-order valence-corrected chi connectivity index (χ4v) is 1.87. The Hall–Kier alpha value is -1.49. The maximum Gasteiger partial charge on any atom is 0.311 e. The lowest BCUT2D eigenvalue weighted by atomic mass is 9.88. The number of carbonyl (C=O) groups excluding carboxylic acids is 1. The highest BCUT2D eigenvalue weighted by Gasteiger charge is 2.31. The molecule has 2 N–H and O–H groups in total. The van der Waals surface area contributed by atoms with Crippen molar-refractivity contribution in [2.45, 2.75) is 33.7 Å². The van der Waals surface area contributed by atoms with Crippen LogP contribution in [0.2, 0.25) is 5.02 Å². The van der Waals surface area contributed by atoms with E-state index >= 15 is 0 Å². The van der Waals surface area contributed by atoms with Crippen molar-refractivity contribution in [3.05, 3.63) is 23.0 Å². The molecule has 0 bridgehead atoms. The average Bonchev–Trinajstić information content (AvgIpc) is 2.76. The summed E-state index contributed by atoms with van der Waals surface area (Å²) in [5, 5.41) is 12.3. The molecule has 0 fully saturated rings. The summed E-state index contributed by atoms with van der Waals surface area (Å²) in [5.41, 5.74) is -0.514. The van der Waals surface area contributed by atoms with Gasteiger partial charge in [-0.2, -0.15) is 0 Å². The molecule has 6 heteroatoms. The van der Waals surface area contributed by atoms with Crippen molar-refractivity contribution >= 4 is 23.5 Å². The van der Waals surface area contributed by atoms with Gasteiger partial charge >= 0.3 is 5.97 Å². The third-order valence-corrected chi connectivity index (χ3v) is 3.58. The number of halogens is 1. The van der Waals surface area contributed by atoms with Gasteiger partial charge in [0.25, 0.3) is 5.91 Å². The number of rotatable bonds is 6. The molecule has 106 valence electrons. The molecule has 1 amide bonds. The summed E-state index contributed by atoms with van der Waals surface area (Å²) in [6, 6.07) is 1.57. The fraction of sp³-hybridized carbons (Fsp3) is 0.538. The lowest BCUT2D eigenvalue weighted by Gasteiger charge is -2.23. The van der Waals surface area contributed by atoms with E-state index in [1.165, 1.54) is 0 Å². The Bertz CT molecular complexity index is 484. The molecule has 0 spiro atoms. The van der Waals surface area contributed by atoms with Gasteiger partial charge in [0.05, 0.1) is 10.4 Å². The predicted octanol–water partition coefficient (Wildman–Crippen LogP) is 2.39. The van der Waals surface area contributed by atoms with Crippen molar-refractivity contribution in [1.29, 1.82) is 0 Å². The summed E-state index contributed by atoms with van der Waals surface area (Å²) in [7, 11) is 0. The van der Waals surface area contributed by atoms with Gasteiger partial charge in [0.2, 0.25) is 0 Å². The molecule has 0 aromatic carbocycles. The SMILES string of the molecule is CCn1cc(Cl)cc1C(=O)NCC(C)(CC)C(=O)O. The Balaban J connectivity index is 2.78. The van der Waals surface area contributed by atoms with E-state index < -0.39 is 11.4 Å². The molecule has 0 saturated heterocycles. The molecular weight excluding hydrogens is 268 g/mol. The van der Waals surface area contributed by atoms with E-state index in [1.54, 1.807) is 30.7 Å². The van der Waals surface area contributed by atoms with Gasteiger partial charge in [0.15, 0.2) is 0 Å². The fourth-order valence-electron chi connectivity index (χ4n) is 1.64. The van der Waals surface area contributed by atoms with E-state index in [0.717, 1.165) is 0 Å². The molecule has 1 aromatic heterocycles. The lowest BCUT2D eigenvalue weighted by molar-refractivity contribution is -0.147. The summed E-state index contributed by atoms with van der Waals surface area (Å²) < 4.78 is 1.72. The lowest BCUT2D eigenvalue weighted by Crippen LogP contribution is -2.41. The second-order valence-electron chi connectivity index (χ2n) is 4.73. The highest BCUT2D eigenvalue weighted by atomic mass is 35.5. The molecule has 1 heterocycles. The second-order valence-corrected chi connectivity index (χ2v) is 5.17. The van der Waals surface area contributed by atoms with Crippen LogP contribution in [-0.4, -0.2) is 28.1 Å². The molecule has 5 nitrogen and oxygen atoms in total. The number of hydrogen-bond acceptors (Lipinski definition) is 2. The van der Waals surface area contributed by atoms with Gasteiger partial charge in [-0.15, -0.1) is 0 Å². The maximum atomic E-state index is 12.0. The van der Waals surface area contributed by atoms with Crippen molar-refractivity contribution in [3.63, 3.8) is 0 Å². The van der Waals surface area contributed by atoms with E-state index in [1.807, 2.05) is 6.92 Å². The van der Waals surface area contributed by atoms with E-state index in [2.05, 4.69) is 5.32 Å². The highest BCUT2D eigenvalue weighted by molar-refractivity contribution is 6.31. The van der Waals surface area contributed by atoms with Gasteiger partial charge in [-0.3, -0.25) is 9.59 Å². The van der Waals surface area contributed by atoms with Gasteiger partial charge in [-0.1, -0.05) is 18.5 Å². The summed E-state index contributed by atoms with van der Waals surface area (Å²) in [6.45, 7) is 6.01. The minimum atomic E-state index is -0.955. The summed E-state index contributed by atoms with van der Waals surface area (Å²) in [4.78, 5) is 23.2. The molecule has 0 aliphatic rings. The summed E-state index contributed by atoms with van der Waals surface area (Å²) in [5.74, 6) is -1.23. The van der Waals surface area contributed by atoms with Crippen LogP contribution in [-0.2, 0) is 11.3 Å². The molecular formula is C13H19ClN2O3. The molecule has 1 rings (SSSR count). The largest absolute Gasteiger partial charge is 0.481 e. The van der Waals surface area contributed by atoms with Gasteiger partial charge in [0.1, 0.15) is 5.69 Å². The molecule has 0 aliphatic carbocycles. The topological polar surface area (TPSA) is 71.3 Å². The van der Waals surface area contributed by atoms with Crippen molar-refractivity contribution < 1.29 is 14.7 Å². The Morgan fingerprint density at radius 3 is 2.58 bits per heavy atom. The highest BCUT2D eigenvalue weighted by Crippen LogP contribution is 2.20. The summed E-state index contributed by atoms with van der Waals surface area (Å²) in [6.07, 6.45) is 2.12. The van der Waals surface area contributed by atoms with Gasteiger partial charge < -0.3 is 15.0 Å². The third kappa shape index (κ3) is 3.50. The minimum Gasteiger partial charge on any atom is -0.481 e. The number of amides is 1. The predicted molar refractivity (Wildman–Crippen MR) is 73.5 cm³/mol. The number of aryl methyl sites for hydroxylation is 1. The van der Waals surface area contributed by atoms with Crippen molar-refractivity contribution in [2.75, 3.05) is 6.54 Å². The Labute approximate surface area is 117 Å². The minimum absolute atomic E-state index is 0.0875. The standard InChI is InChI=1S/C13H19ClN2O3/c1-4-13(3,12(18)19)8-15-11(17)10-6-9(14)7-16(10)5-2/h6-7H,4-5,8H2,1-3H3,(H,15,17)(H,18,19). The number of carboxylic acids is 1. The van der Waals surface area contributed by atoms with E-state index in [4.69, 9.17) is 16.7 Å². The van der Waals surface area contributed by atoms with Gasteiger partial charge in [-0.25, -0.2) is 0 Å². The quantitative estimate of drug-likeness (QED) is 0.843. The van der Waals surface area contributed by atoms with Crippen molar-refractivity contribution in [3.8, 4) is 0 Å². The van der Waals surface area contributed by atoms with Crippen LogP contribution in [0.3, 0.4) is 0 Å². The average molecular weight is 287 g/mol. The van der Waals surface area contributed by atoms with Gasteiger partial charge in [-0.05, 0) is 26.3 Å². The van der Waals surface area contributed by atoms with Crippen molar-refractivity contribution in [2.24, 2.45) is 5.41 Å². The number of aliphatic carboxylic acids is 1. The number of aromatic nitrogens is 1. The third-order valence-electron chi connectivity index (χ3n) is 3.37. The first-order valence-electron chi connectivity index (χ1n) is 6.21. The number of nitrogens with one attached hydrogen (secondary N) is 1. The van der Waals surface area contributed by atoms with Crippen LogP contribution in [0.5, 0.6) is 0 Å². The number of hydrogen-bond donors (Lipinski definition) is 2. The number of carbonyl (C=O) groups is 2. The first kappa shape index (κ1) is 15.6. The van der Waals surface area contributed by atoms with Gasteiger partial charge in [0, 0.05) is 19.3 Å². The zero-order valence-electron chi connectivity index (χ0n) is 11.4. The van der Waals surface area contributed by atoms with Crippen LogP contribution in [0.25, 0.3) is 0 Å². The molecule has 0 saturated carbocycles. The normalized spacial score (nSPS) is 13.9. The Morgan fingerprint density at radius 1 is 1.47 bits per heavy atom. The number of nitrogens with zero attached hydrogens (tertiary/aromatic N) is 1. The maximum absolute atomic E-state index is 12.0. The zero-order valence-corrected chi connectivity index (χ0v) is 12.1. The van der Waals surface area contributed by atoms with Crippen LogP contribution < -0.4 is 5.32 Å². The van der Waals surface area contributed by atoms with Crippen molar-refractivity contribution in [1.82, 2.24) is 9.88 Å². The van der Waals surface area contributed by atoms with E-state index in [9.17, 15) is 9.59 Å². The van der Waals surface area contributed by atoms with E-state index in [0.29, 0.717) is 23.7 Å². The molecule has 1 unspecified atom stereocenters. The zero-order chi connectivity index (χ0) is 14.6. The molecule has 1 atom stereocenters. The van der Waals surface area contributed by atoms with Crippen LogP contribution in [0.4, 0.5) is 0 Å². The first-order valence-corrected chi connectivity index (χ1v) is 6.59. The molecule has 1 aromatic rings. The van der Waals surface area contributed by atoms with Crippen LogP contribution in [0.15, 0.2) is 12.3 Å². The van der Waals surface area contributed by atoms with Crippen LogP contribution in [0.1, 0.15) is 37.7 Å². The molecule has 0 radical (unpaired) electrons. The molecule has 0 aliphatic heterocycles. The monoisotopic (exact) mass is 286 g/mol.